The lowest BCUT2D eigenvalue weighted by molar-refractivity contribution is 0.149. The Balaban J connectivity index is 2.57. The summed E-state index contributed by atoms with van der Waals surface area (Å²) < 4.78 is 13.8. The molecule has 0 unspecified atom stereocenters. The van der Waals surface area contributed by atoms with Crippen molar-refractivity contribution in [2.45, 2.75) is 87.9 Å². The van der Waals surface area contributed by atoms with Gasteiger partial charge in [0.2, 0.25) is 0 Å². The Morgan fingerprint density at radius 3 is 1.25 bits per heavy atom. The molecule has 5 heteroatoms. The summed E-state index contributed by atoms with van der Waals surface area (Å²) in [6.45, 7) is 17.1. The third-order valence-electron chi connectivity index (χ3n) is 5.69. The van der Waals surface area contributed by atoms with Gasteiger partial charge in [0.1, 0.15) is 11.5 Å². The van der Waals surface area contributed by atoms with Gasteiger partial charge in [-0.2, -0.15) is 0 Å². The molecule has 0 atom stereocenters. The molecular formula is C27H36I2O3. The molecule has 2 aromatic rings. The molecule has 176 valence electrons. The number of hydrogen-bond acceptors (Lipinski definition) is 3. The lowest BCUT2D eigenvalue weighted by Crippen LogP contribution is -2.19. The number of halogens is 2. The molecule has 0 aliphatic carbocycles. The van der Waals surface area contributed by atoms with Crippen molar-refractivity contribution in [2.75, 3.05) is 0 Å². The first kappa shape index (κ1) is 27.4. The number of ether oxygens (including phenoxy) is 2. The molecular weight excluding hydrogens is 626 g/mol. The van der Waals surface area contributed by atoms with Crippen LogP contribution in [0.3, 0.4) is 0 Å². The Hall–Kier alpha value is -0.830. The van der Waals surface area contributed by atoms with E-state index >= 15 is 0 Å². The molecule has 3 nitrogen and oxygen atoms in total. The Bertz CT molecular complexity index is 871. The summed E-state index contributed by atoms with van der Waals surface area (Å²) in [6, 6.07) is 8.49. The van der Waals surface area contributed by atoms with Gasteiger partial charge in [-0.05, 0) is 45.9 Å². The van der Waals surface area contributed by atoms with Gasteiger partial charge in [-0.25, -0.2) is 4.79 Å². The number of alkyl halides is 2. The maximum atomic E-state index is 13.2. The van der Waals surface area contributed by atoms with E-state index in [1.807, 2.05) is 0 Å². The van der Waals surface area contributed by atoms with Crippen molar-refractivity contribution in [3.8, 4) is 11.5 Å². The molecule has 0 radical (unpaired) electrons. The SMILES string of the molecule is CC(C)c1ccc(CI)c(C(C)C)c1OC(=O)Oc1c(C(C)C)ccc(CI)c1C(C)C. The highest BCUT2D eigenvalue weighted by Gasteiger charge is 2.25. The van der Waals surface area contributed by atoms with Crippen LogP contribution < -0.4 is 9.47 Å². The van der Waals surface area contributed by atoms with E-state index in [1.165, 1.54) is 11.1 Å². The fourth-order valence-corrected chi connectivity index (χ4v) is 5.47. The Morgan fingerprint density at radius 2 is 1.00 bits per heavy atom. The van der Waals surface area contributed by atoms with Gasteiger partial charge in [0, 0.05) is 20.0 Å². The monoisotopic (exact) mass is 662 g/mol. The summed E-state index contributed by atoms with van der Waals surface area (Å²) >= 11 is 4.74. The first-order chi connectivity index (χ1) is 15.0. The van der Waals surface area contributed by atoms with Gasteiger partial charge in [0.15, 0.2) is 0 Å². The molecule has 32 heavy (non-hydrogen) atoms. The predicted octanol–water partition coefficient (Wildman–Crippen LogP) is 9.63. The maximum absolute atomic E-state index is 13.2. The second-order valence-electron chi connectivity index (χ2n) is 9.45. The predicted molar refractivity (Wildman–Crippen MR) is 151 cm³/mol. The van der Waals surface area contributed by atoms with E-state index in [0.717, 1.165) is 31.1 Å². The van der Waals surface area contributed by atoms with E-state index in [0.29, 0.717) is 11.5 Å². The maximum Gasteiger partial charge on any atom is 0.519 e. The lowest BCUT2D eigenvalue weighted by Gasteiger charge is -2.24. The summed E-state index contributed by atoms with van der Waals surface area (Å²) in [7, 11) is 0. The van der Waals surface area contributed by atoms with Gasteiger partial charge >= 0.3 is 6.16 Å². The molecule has 2 rings (SSSR count). The Labute approximate surface area is 221 Å². The fourth-order valence-electron chi connectivity index (χ4n) is 4.14. The zero-order valence-electron chi connectivity index (χ0n) is 20.5. The van der Waals surface area contributed by atoms with Crippen LogP contribution >= 0.6 is 45.2 Å². The average Bonchev–Trinajstić information content (AvgIpc) is 2.71. The quantitative estimate of drug-likeness (QED) is 0.122. The molecule has 0 fully saturated rings. The van der Waals surface area contributed by atoms with E-state index in [2.05, 4.69) is 125 Å². The fraction of sp³-hybridized carbons (Fsp3) is 0.519. The number of hydrogen-bond donors (Lipinski definition) is 0. The molecule has 0 heterocycles. The zero-order chi connectivity index (χ0) is 24.2. The van der Waals surface area contributed by atoms with Crippen molar-refractivity contribution in [3.63, 3.8) is 0 Å². The van der Waals surface area contributed by atoms with E-state index in [4.69, 9.17) is 9.47 Å². The Kier molecular flexibility index (Phi) is 10.3. The largest absolute Gasteiger partial charge is 0.519 e. The molecule has 0 N–H and O–H groups in total. The van der Waals surface area contributed by atoms with Crippen molar-refractivity contribution in [1.29, 1.82) is 0 Å². The smallest absolute Gasteiger partial charge is 0.394 e. The van der Waals surface area contributed by atoms with Crippen LogP contribution in [0.5, 0.6) is 11.5 Å². The molecule has 0 aliphatic rings. The van der Waals surface area contributed by atoms with Gasteiger partial charge in [0.25, 0.3) is 0 Å². The summed E-state index contributed by atoms with van der Waals surface area (Å²) in [5.74, 6) is 2.27. The zero-order valence-corrected chi connectivity index (χ0v) is 24.8. The van der Waals surface area contributed by atoms with E-state index in [9.17, 15) is 4.79 Å². The lowest BCUT2D eigenvalue weighted by atomic mass is 9.90. The van der Waals surface area contributed by atoms with Crippen LogP contribution in [0.25, 0.3) is 0 Å². The van der Waals surface area contributed by atoms with Crippen LogP contribution in [0.15, 0.2) is 24.3 Å². The standard InChI is InChI=1S/C27H36I2O3/c1-15(2)21-11-9-19(13-28)23(17(5)6)25(21)31-27(30)32-26-22(16(3)4)12-10-20(14-29)24(26)18(7)8/h9-12,15-18H,13-14H2,1-8H3. The summed E-state index contributed by atoms with van der Waals surface area (Å²) in [6.07, 6.45) is -0.659. The molecule has 0 saturated heterocycles. The molecule has 0 bridgehead atoms. The first-order valence-electron chi connectivity index (χ1n) is 11.4. The van der Waals surface area contributed by atoms with Gasteiger partial charge in [0.05, 0.1) is 0 Å². The number of benzene rings is 2. The van der Waals surface area contributed by atoms with Crippen molar-refractivity contribution < 1.29 is 14.3 Å². The minimum Gasteiger partial charge on any atom is -0.394 e. The molecule has 0 saturated carbocycles. The number of carbonyl (C=O) groups is 1. The number of rotatable bonds is 8. The average molecular weight is 662 g/mol. The highest BCUT2D eigenvalue weighted by molar-refractivity contribution is 14.1. The molecule has 2 aromatic carbocycles. The van der Waals surface area contributed by atoms with E-state index in [1.54, 1.807) is 0 Å². The second-order valence-corrected chi connectivity index (χ2v) is 11.0. The van der Waals surface area contributed by atoms with Crippen LogP contribution in [0.2, 0.25) is 0 Å². The topological polar surface area (TPSA) is 35.5 Å². The van der Waals surface area contributed by atoms with Crippen molar-refractivity contribution in [3.05, 3.63) is 57.6 Å². The molecule has 0 aromatic heterocycles. The summed E-state index contributed by atoms with van der Waals surface area (Å²) in [5.41, 5.74) is 6.66. The van der Waals surface area contributed by atoms with Gasteiger partial charge in [-0.1, -0.05) is 125 Å². The molecule has 0 spiro atoms. The third kappa shape index (κ3) is 6.19. The van der Waals surface area contributed by atoms with Gasteiger partial charge in [-0.15, -0.1) is 0 Å². The highest BCUT2D eigenvalue weighted by Crippen LogP contribution is 2.40. The minimum atomic E-state index is -0.659. The van der Waals surface area contributed by atoms with Crippen molar-refractivity contribution in [1.82, 2.24) is 0 Å². The Morgan fingerprint density at radius 1 is 0.656 bits per heavy atom. The normalized spacial score (nSPS) is 11.7. The summed E-state index contributed by atoms with van der Waals surface area (Å²) in [4.78, 5) is 13.2. The van der Waals surface area contributed by atoms with Crippen LogP contribution in [0.4, 0.5) is 4.79 Å². The number of carbonyl (C=O) groups excluding carboxylic acids is 1. The van der Waals surface area contributed by atoms with Crippen LogP contribution in [-0.2, 0) is 8.86 Å². The van der Waals surface area contributed by atoms with Gasteiger partial charge < -0.3 is 9.47 Å². The molecule has 0 amide bonds. The molecule has 0 aliphatic heterocycles. The van der Waals surface area contributed by atoms with Crippen LogP contribution in [-0.4, -0.2) is 6.16 Å². The van der Waals surface area contributed by atoms with Crippen molar-refractivity contribution >= 4 is 51.3 Å². The minimum absolute atomic E-state index is 0.235. The second kappa shape index (κ2) is 12.0. The van der Waals surface area contributed by atoms with E-state index in [-0.39, 0.29) is 23.7 Å². The van der Waals surface area contributed by atoms with Crippen LogP contribution in [0, 0.1) is 0 Å². The van der Waals surface area contributed by atoms with Crippen LogP contribution in [0.1, 0.15) is 112 Å². The third-order valence-corrected chi connectivity index (χ3v) is 7.33. The highest BCUT2D eigenvalue weighted by atomic mass is 127. The first-order valence-corrected chi connectivity index (χ1v) is 14.4. The summed E-state index contributed by atoms with van der Waals surface area (Å²) in [5, 5.41) is 0. The van der Waals surface area contributed by atoms with E-state index < -0.39 is 6.16 Å². The van der Waals surface area contributed by atoms with Gasteiger partial charge in [-0.3, -0.25) is 0 Å². The van der Waals surface area contributed by atoms with Crippen molar-refractivity contribution in [2.24, 2.45) is 0 Å².